The van der Waals surface area contributed by atoms with Gasteiger partial charge in [0.1, 0.15) is 42.2 Å². The molecule has 1 aromatic carbocycles. The molecule has 11 heteroatoms. The zero-order valence-corrected chi connectivity index (χ0v) is 28.1. The summed E-state index contributed by atoms with van der Waals surface area (Å²) in [5.41, 5.74) is -1.31. The van der Waals surface area contributed by atoms with E-state index in [4.69, 9.17) is 28.4 Å². The number of carbonyl (C=O) groups is 5. The second kappa shape index (κ2) is 13.6. The maximum absolute atomic E-state index is 13.4. The van der Waals surface area contributed by atoms with E-state index in [1.54, 1.807) is 51.1 Å². The number of ether oxygens (including phenoxy) is 6. The molecular weight excluding hydrogens is 596 g/mol. The summed E-state index contributed by atoms with van der Waals surface area (Å²) in [6.07, 6.45) is -2.86. The first-order valence-electron chi connectivity index (χ1n) is 15.8. The van der Waals surface area contributed by atoms with Crippen molar-refractivity contribution in [1.82, 2.24) is 0 Å². The fraction of sp³-hybridized carbons (Fsp3) is 0.629. The van der Waals surface area contributed by atoms with E-state index in [2.05, 4.69) is 0 Å². The quantitative estimate of drug-likeness (QED) is 0.241. The van der Waals surface area contributed by atoms with Crippen molar-refractivity contribution >= 4 is 29.8 Å². The summed E-state index contributed by atoms with van der Waals surface area (Å²) in [6, 6.07) is 8.63. The van der Waals surface area contributed by atoms with Crippen molar-refractivity contribution in [1.29, 1.82) is 0 Å². The molecule has 0 aromatic heterocycles. The van der Waals surface area contributed by atoms with Gasteiger partial charge in [-0.3, -0.25) is 19.2 Å². The number of fused-ring (bicyclic) bond motifs is 1. The van der Waals surface area contributed by atoms with Gasteiger partial charge < -0.3 is 28.4 Å². The van der Waals surface area contributed by atoms with Crippen LogP contribution in [0.3, 0.4) is 0 Å². The summed E-state index contributed by atoms with van der Waals surface area (Å²) >= 11 is 0. The Kier molecular flexibility index (Phi) is 10.4. The molecule has 1 saturated heterocycles. The predicted molar refractivity (Wildman–Crippen MR) is 164 cm³/mol. The molecule has 0 amide bonds. The molecule has 0 radical (unpaired) electrons. The summed E-state index contributed by atoms with van der Waals surface area (Å²) in [7, 11) is 0. The van der Waals surface area contributed by atoms with Gasteiger partial charge in [0.15, 0.2) is 0 Å². The third-order valence-corrected chi connectivity index (χ3v) is 9.65. The van der Waals surface area contributed by atoms with Crippen molar-refractivity contribution in [2.24, 2.45) is 23.2 Å². The first-order valence-corrected chi connectivity index (χ1v) is 15.8. The molecule has 46 heavy (non-hydrogen) atoms. The van der Waals surface area contributed by atoms with Crippen molar-refractivity contribution in [3.05, 3.63) is 47.5 Å². The van der Waals surface area contributed by atoms with Gasteiger partial charge in [-0.2, -0.15) is 0 Å². The maximum atomic E-state index is 13.4. The molecule has 11 nitrogen and oxygen atoms in total. The Labute approximate surface area is 270 Å². The van der Waals surface area contributed by atoms with Gasteiger partial charge >= 0.3 is 29.8 Å². The minimum atomic E-state index is -1.21. The van der Waals surface area contributed by atoms with Crippen LogP contribution in [0, 0.1) is 23.2 Å². The van der Waals surface area contributed by atoms with Gasteiger partial charge in [-0.25, -0.2) is 4.79 Å². The third-order valence-electron chi connectivity index (χ3n) is 9.65. The van der Waals surface area contributed by atoms with Gasteiger partial charge in [-0.05, 0) is 37.0 Å². The van der Waals surface area contributed by atoms with Crippen LogP contribution in [0.15, 0.2) is 42.0 Å². The first kappa shape index (κ1) is 35.1. The molecule has 2 fully saturated rings. The molecule has 1 aromatic rings. The number of hydrogen-bond donors (Lipinski definition) is 0. The largest absolute Gasteiger partial charge is 0.462 e. The molecule has 0 unspecified atom stereocenters. The summed E-state index contributed by atoms with van der Waals surface area (Å²) in [6.45, 7) is 14.4. The summed E-state index contributed by atoms with van der Waals surface area (Å²) in [5, 5.41) is 0. The standard InChI is InChI=1S/C35H46O11/c1-18-15-26-29(45-33(40)25-13-11-10-12-14-25)19(2)17-35(26)31(43-23(6)38)20(3)30(46-35)32(44-24(7)39)34(8,9)28(42-22(5)37)16-27(18)41-21(4)36/h10-15,19-20,26-32H,16-17H2,1-9H3/b18-15-/t19-,20-,26-,27+,28+,29-,30-,31-,32+,35+/m0/s1. The lowest BCUT2D eigenvalue weighted by Gasteiger charge is -2.43. The summed E-state index contributed by atoms with van der Waals surface area (Å²) in [4.78, 5) is 63.5. The Morgan fingerprint density at radius 1 is 0.783 bits per heavy atom. The van der Waals surface area contributed by atoms with Crippen LogP contribution in [0.4, 0.5) is 0 Å². The SMILES string of the molecule is CC(=O)O[C@@H]1[C@H]2O[C@@]3(C[C@H](C)[C@H](OC(=O)c4ccccc4)[C@@H]3/C=C(/C)[C@H](OC(C)=O)C[C@@H](OC(C)=O)C1(C)C)[C@@H](OC(C)=O)[C@H]2C. The van der Waals surface area contributed by atoms with Gasteiger partial charge in [0.25, 0.3) is 0 Å². The normalized spacial score (nSPS) is 36.1. The molecule has 4 rings (SSSR count). The molecule has 2 heterocycles. The van der Waals surface area contributed by atoms with Crippen LogP contribution in [0.5, 0.6) is 0 Å². The molecule has 10 atom stereocenters. The Bertz CT molecular complexity index is 1370. The molecule has 2 aliphatic heterocycles. The van der Waals surface area contributed by atoms with Gasteiger partial charge in [-0.15, -0.1) is 0 Å². The Morgan fingerprint density at radius 2 is 1.35 bits per heavy atom. The van der Waals surface area contributed by atoms with Crippen molar-refractivity contribution < 1.29 is 52.4 Å². The Balaban J connectivity index is 1.96. The van der Waals surface area contributed by atoms with Crippen LogP contribution in [0.25, 0.3) is 0 Å². The topological polar surface area (TPSA) is 141 Å². The van der Waals surface area contributed by atoms with E-state index in [0.29, 0.717) is 17.6 Å². The fourth-order valence-electron chi connectivity index (χ4n) is 7.60. The number of esters is 5. The Hall–Kier alpha value is -3.73. The molecule has 1 saturated carbocycles. The minimum absolute atomic E-state index is 0.0600. The second-order valence-corrected chi connectivity index (χ2v) is 13.6. The third kappa shape index (κ3) is 6.99. The highest BCUT2D eigenvalue weighted by atomic mass is 16.6. The highest BCUT2D eigenvalue weighted by Gasteiger charge is 2.68. The van der Waals surface area contributed by atoms with Crippen molar-refractivity contribution in [3.63, 3.8) is 0 Å². The number of benzene rings is 1. The van der Waals surface area contributed by atoms with Crippen molar-refractivity contribution in [2.45, 2.75) is 117 Å². The first-order chi connectivity index (χ1) is 21.5. The van der Waals surface area contributed by atoms with E-state index in [9.17, 15) is 24.0 Å². The number of rotatable bonds is 6. The lowest BCUT2D eigenvalue weighted by atomic mass is 9.71. The van der Waals surface area contributed by atoms with E-state index < -0.39 is 89.3 Å². The summed E-state index contributed by atoms with van der Waals surface area (Å²) < 4.78 is 37.0. The van der Waals surface area contributed by atoms with Gasteiger partial charge in [-0.1, -0.05) is 52.0 Å². The number of hydrogen-bond acceptors (Lipinski definition) is 11. The molecule has 0 N–H and O–H groups in total. The lowest BCUT2D eigenvalue weighted by Crippen LogP contribution is -2.53. The average Bonchev–Trinajstić information content (AvgIpc) is 3.36. The summed E-state index contributed by atoms with van der Waals surface area (Å²) in [5.74, 6) is -4.16. The monoisotopic (exact) mass is 642 g/mol. The van der Waals surface area contributed by atoms with Gasteiger partial charge in [0, 0.05) is 51.4 Å². The van der Waals surface area contributed by atoms with Crippen LogP contribution in [0.2, 0.25) is 0 Å². The second-order valence-electron chi connectivity index (χ2n) is 13.6. The van der Waals surface area contributed by atoms with E-state index in [1.807, 2.05) is 19.9 Å². The molecule has 2 bridgehead atoms. The molecule has 1 aliphatic carbocycles. The molecule has 3 aliphatic rings. The maximum Gasteiger partial charge on any atom is 0.338 e. The van der Waals surface area contributed by atoms with Crippen molar-refractivity contribution in [2.75, 3.05) is 0 Å². The van der Waals surface area contributed by atoms with E-state index in [-0.39, 0.29) is 12.3 Å². The highest BCUT2D eigenvalue weighted by molar-refractivity contribution is 5.89. The highest BCUT2D eigenvalue weighted by Crippen LogP contribution is 2.57. The zero-order valence-electron chi connectivity index (χ0n) is 28.1. The van der Waals surface area contributed by atoms with Crippen LogP contribution in [-0.2, 0) is 47.6 Å². The van der Waals surface area contributed by atoms with E-state index in [1.165, 1.54) is 27.7 Å². The number of carbonyl (C=O) groups excluding carboxylic acids is 5. The predicted octanol–water partition coefficient (Wildman–Crippen LogP) is 4.74. The Morgan fingerprint density at radius 3 is 1.91 bits per heavy atom. The molecule has 252 valence electrons. The smallest absolute Gasteiger partial charge is 0.338 e. The van der Waals surface area contributed by atoms with Crippen LogP contribution in [-0.4, -0.2) is 72.1 Å². The molecule has 1 spiro atoms. The van der Waals surface area contributed by atoms with Crippen molar-refractivity contribution in [3.8, 4) is 0 Å². The fourth-order valence-corrected chi connectivity index (χ4v) is 7.60. The minimum Gasteiger partial charge on any atom is -0.462 e. The zero-order chi connectivity index (χ0) is 34.1. The van der Waals surface area contributed by atoms with E-state index in [0.717, 1.165) is 0 Å². The average molecular weight is 643 g/mol. The van der Waals surface area contributed by atoms with Gasteiger partial charge in [0.05, 0.1) is 5.56 Å². The van der Waals surface area contributed by atoms with Crippen LogP contribution >= 0.6 is 0 Å². The van der Waals surface area contributed by atoms with E-state index >= 15 is 0 Å². The van der Waals surface area contributed by atoms with Crippen LogP contribution in [0.1, 0.15) is 85.5 Å². The lowest BCUT2D eigenvalue weighted by molar-refractivity contribution is -0.198. The van der Waals surface area contributed by atoms with Crippen LogP contribution < -0.4 is 0 Å². The van der Waals surface area contributed by atoms with Gasteiger partial charge in [0.2, 0.25) is 0 Å². The molecular formula is C35H46O11.